The van der Waals surface area contributed by atoms with Crippen LogP contribution in [0.2, 0.25) is 0 Å². The van der Waals surface area contributed by atoms with Crippen molar-refractivity contribution in [3.63, 3.8) is 0 Å². The number of benzene rings is 1. The number of nitrogens with zero attached hydrogens (tertiary/aromatic N) is 1. The van der Waals surface area contributed by atoms with Crippen molar-refractivity contribution >= 4 is 6.08 Å². The number of quaternary nitrogens is 1. The van der Waals surface area contributed by atoms with E-state index < -0.39 is 0 Å². The number of aryl methyl sites for hydroxylation is 1. The van der Waals surface area contributed by atoms with Crippen LogP contribution in [0.3, 0.4) is 0 Å². The zero-order chi connectivity index (χ0) is 13.3. The minimum Gasteiger partial charge on any atom is -0.496 e. The van der Waals surface area contributed by atoms with E-state index in [1.807, 2.05) is 0 Å². The average molecular weight is 259 g/mol. The first-order chi connectivity index (χ1) is 9.23. The van der Waals surface area contributed by atoms with Crippen molar-refractivity contribution in [2.75, 3.05) is 40.3 Å². The van der Waals surface area contributed by atoms with Crippen LogP contribution < -0.4 is 10.1 Å². The lowest BCUT2D eigenvalue weighted by molar-refractivity contribution is -0.875. The molecule has 1 aliphatic heterocycles. The number of ether oxygens (including phenoxy) is 1. The summed E-state index contributed by atoms with van der Waals surface area (Å²) in [5.41, 5.74) is 4.27. The molecule has 0 spiro atoms. The van der Waals surface area contributed by atoms with Gasteiger partial charge in [0.2, 0.25) is 0 Å². The van der Waals surface area contributed by atoms with E-state index >= 15 is 0 Å². The van der Waals surface area contributed by atoms with E-state index in [-0.39, 0.29) is 0 Å². The molecule has 102 valence electrons. The molecule has 0 aromatic heterocycles. The molecule has 0 radical (unpaired) electrons. The Balaban J connectivity index is 1.98. The molecule has 3 heteroatoms. The molecule has 0 amide bonds. The SMILES string of the molecule is COc1cccc2c1C=C([N+]1(C)CCNCC1)CC2. The van der Waals surface area contributed by atoms with Crippen molar-refractivity contribution in [1.82, 2.24) is 5.32 Å². The molecule has 0 unspecified atom stereocenters. The van der Waals surface area contributed by atoms with E-state index in [0.29, 0.717) is 0 Å². The van der Waals surface area contributed by atoms with Crippen molar-refractivity contribution in [2.24, 2.45) is 0 Å². The molecule has 1 fully saturated rings. The average Bonchev–Trinajstić information content (AvgIpc) is 2.47. The maximum absolute atomic E-state index is 5.52. The molecule has 1 saturated heterocycles. The molecular weight excluding hydrogens is 236 g/mol. The Morgan fingerprint density at radius 1 is 1.16 bits per heavy atom. The summed E-state index contributed by atoms with van der Waals surface area (Å²) in [6.07, 6.45) is 4.69. The van der Waals surface area contributed by atoms with Crippen molar-refractivity contribution in [3.8, 4) is 5.75 Å². The van der Waals surface area contributed by atoms with Gasteiger partial charge < -0.3 is 10.1 Å². The normalized spacial score (nSPS) is 21.5. The number of piperazine rings is 1. The van der Waals surface area contributed by atoms with Gasteiger partial charge in [-0.05, 0) is 18.1 Å². The lowest BCUT2D eigenvalue weighted by Crippen LogP contribution is -2.55. The fourth-order valence-electron chi connectivity index (χ4n) is 3.25. The van der Waals surface area contributed by atoms with Gasteiger partial charge in [-0.2, -0.15) is 0 Å². The summed E-state index contributed by atoms with van der Waals surface area (Å²) in [5.74, 6) is 1.01. The molecule has 1 aromatic carbocycles. The largest absolute Gasteiger partial charge is 0.496 e. The van der Waals surface area contributed by atoms with Gasteiger partial charge >= 0.3 is 0 Å². The van der Waals surface area contributed by atoms with E-state index in [2.05, 4.69) is 36.6 Å². The van der Waals surface area contributed by atoms with Crippen LogP contribution in [0.15, 0.2) is 23.9 Å². The number of allylic oxidation sites excluding steroid dienone is 1. The molecule has 3 nitrogen and oxygen atoms in total. The second-order valence-corrected chi connectivity index (χ2v) is 5.76. The summed E-state index contributed by atoms with van der Waals surface area (Å²) in [6, 6.07) is 6.39. The monoisotopic (exact) mass is 259 g/mol. The quantitative estimate of drug-likeness (QED) is 0.821. The van der Waals surface area contributed by atoms with Crippen LogP contribution in [-0.2, 0) is 6.42 Å². The summed E-state index contributed by atoms with van der Waals surface area (Å²) in [5, 5.41) is 3.45. The highest BCUT2D eigenvalue weighted by atomic mass is 16.5. The summed E-state index contributed by atoms with van der Waals surface area (Å²) >= 11 is 0. The fraction of sp³-hybridized carbons (Fsp3) is 0.500. The van der Waals surface area contributed by atoms with Gasteiger partial charge in [0, 0.05) is 31.1 Å². The van der Waals surface area contributed by atoms with Crippen LogP contribution in [0.1, 0.15) is 17.5 Å². The molecule has 0 atom stereocenters. The van der Waals surface area contributed by atoms with Crippen molar-refractivity contribution in [1.29, 1.82) is 0 Å². The van der Waals surface area contributed by atoms with E-state index in [4.69, 9.17) is 4.74 Å². The summed E-state index contributed by atoms with van der Waals surface area (Å²) in [7, 11) is 4.13. The van der Waals surface area contributed by atoms with Crippen LogP contribution in [0.4, 0.5) is 0 Å². The standard InChI is InChI=1S/C16H23N2O/c1-18(10-8-17-9-11-18)14-7-6-13-4-3-5-16(19-2)15(13)12-14/h3-5,12,17H,6-11H2,1-2H3/q+1. The maximum atomic E-state index is 5.52. The maximum Gasteiger partial charge on any atom is 0.126 e. The third-order valence-electron chi connectivity index (χ3n) is 4.60. The molecule has 1 aromatic rings. The van der Waals surface area contributed by atoms with Gasteiger partial charge in [-0.15, -0.1) is 0 Å². The summed E-state index contributed by atoms with van der Waals surface area (Å²) in [4.78, 5) is 0. The molecule has 0 bridgehead atoms. The molecule has 1 aliphatic carbocycles. The van der Waals surface area contributed by atoms with Gasteiger partial charge in [0.25, 0.3) is 0 Å². The third-order valence-corrected chi connectivity index (χ3v) is 4.60. The number of likely N-dealkylation sites (N-methyl/N-ethyl adjacent to an activating group) is 1. The highest BCUT2D eigenvalue weighted by Crippen LogP contribution is 2.34. The smallest absolute Gasteiger partial charge is 0.126 e. The Morgan fingerprint density at radius 3 is 2.68 bits per heavy atom. The Kier molecular flexibility index (Phi) is 3.33. The number of hydrogen-bond donors (Lipinski definition) is 1. The number of hydrogen-bond acceptors (Lipinski definition) is 2. The van der Waals surface area contributed by atoms with Gasteiger partial charge in [-0.1, -0.05) is 12.1 Å². The third kappa shape index (κ3) is 2.28. The Morgan fingerprint density at radius 2 is 1.95 bits per heavy atom. The predicted molar refractivity (Wildman–Crippen MR) is 78.1 cm³/mol. The van der Waals surface area contributed by atoms with E-state index in [9.17, 15) is 0 Å². The Labute approximate surface area is 115 Å². The van der Waals surface area contributed by atoms with Crippen LogP contribution in [-0.4, -0.2) is 44.8 Å². The minimum absolute atomic E-state index is 1.01. The second kappa shape index (κ2) is 4.99. The Bertz CT molecular complexity index is 501. The molecular formula is C16H23N2O+. The van der Waals surface area contributed by atoms with Crippen molar-refractivity contribution in [3.05, 3.63) is 35.0 Å². The van der Waals surface area contributed by atoms with Gasteiger partial charge in [0.1, 0.15) is 11.4 Å². The molecule has 1 N–H and O–H groups in total. The number of rotatable bonds is 2. The predicted octanol–water partition coefficient (Wildman–Crippen LogP) is 2.03. The highest BCUT2D eigenvalue weighted by molar-refractivity contribution is 5.64. The molecule has 0 saturated carbocycles. The van der Waals surface area contributed by atoms with Gasteiger partial charge in [-0.3, -0.25) is 4.48 Å². The van der Waals surface area contributed by atoms with Crippen LogP contribution >= 0.6 is 0 Å². The fourth-order valence-corrected chi connectivity index (χ4v) is 3.25. The van der Waals surface area contributed by atoms with Gasteiger partial charge in [-0.25, -0.2) is 0 Å². The first kappa shape index (κ1) is 12.7. The first-order valence-corrected chi connectivity index (χ1v) is 7.15. The van der Waals surface area contributed by atoms with E-state index in [1.165, 1.54) is 30.6 Å². The lowest BCUT2D eigenvalue weighted by atomic mass is 9.93. The zero-order valence-corrected chi connectivity index (χ0v) is 11.9. The molecule has 19 heavy (non-hydrogen) atoms. The van der Waals surface area contributed by atoms with Gasteiger partial charge in [0.05, 0.1) is 27.2 Å². The van der Waals surface area contributed by atoms with Crippen LogP contribution in [0, 0.1) is 0 Å². The molecule has 1 heterocycles. The van der Waals surface area contributed by atoms with Crippen molar-refractivity contribution < 1.29 is 9.22 Å². The minimum atomic E-state index is 1.01. The highest BCUT2D eigenvalue weighted by Gasteiger charge is 2.31. The van der Waals surface area contributed by atoms with Crippen LogP contribution in [0.5, 0.6) is 5.75 Å². The number of nitrogens with one attached hydrogen (secondary N) is 1. The number of methoxy groups -OCH3 is 1. The summed E-state index contributed by atoms with van der Waals surface area (Å²) in [6.45, 7) is 4.62. The topological polar surface area (TPSA) is 21.3 Å². The van der Waals surface area contributed by atoms with E-state index in [1.54, 1.807) is 12.8 Å². The molecule has 2 aliphatic rings. The van der Waals surface area contributed by atoms with Crippen molar-refractivity contribution in [2.45, 2.75) is 12.8 Å². The number of fused-ring (bicyclic) bond motifs is 1. The zero-order valence-electron chi connectivity index (χ0n) is 11.9. The Hall–Kier alpha value is -1.32. The second-order valence-electron chi connectivity index (χ2n) is 5.76. The van der Waals surface area contributed by atoms with Gasteiger partial charge in [0.15, 0.2) is 0 Å². The van der Waals surface area contributed by atoms with Crippen LogP contribution in [0.25, 0.3) is 6.08 Å². The molecule has 3 rings (SSSR count). The first-order valence-electron chi connectivity index (χ1n) is 7.15. The summed E-state index contributed by atoms with van der Waals surface area (Å²) < 4.78 is 6.61. The van der Waals surface area contributed by atoms with E-state index in [0.717, 1.165) is 29.7 Å². The lowest BCUT2D eigenvalue weighted by Gasteiger charge is -2.40.